The number of hydrogen-bond acceptors (Lipinski definition) is 3. The maximum absolute atomic E-state index is 12.7. The smallest absolute Gasteiger partial charge is 0.242 e. The van der Waals surface area contributed by atoms with Crippen molar-refractivity contribution in [3.63, 3.8) is 0 Å². The van der Waals surface area contributed by atoms with Crippen LogP contribution in [-0.4, -0.2) is 45.9 Å². The van der Waals surface area contributed by atoms with Gasteiger partial charge in [-0.05, 0) is 31.4 Å². The third-order valence-corrected chi connectivity index (χ3v) is 5.03. The number of para-hydroxylation sites is 2. The quantitative estimate of drug-likeness (QED) is 0.795. The molecule has 1 saturated heterocycles. The molecule has 6 heteroatoms. The van der Waals surface area contributed by atoms with Gasteiger partial charge < -0.3 is 14.8 Å². The number of likely N-dealkylation sites (tertiary alicyclic amines) is 1. The molecule has 1 fully saturated rings. The van der Waals surface area contributed by atoms with Gasteiger partial charge >= 0.3 is 0 Å². The van der Waals surface area contributed by atoms with Gasteiger partial charge in [0.2, 0.25) is 11.8 Å². The monoisotopic (exact) mass is 370 g/mol. The zero-order valence-electron chi connectivity index (χ0n) is 16.6. The highest BCUT2D eigenvalue weighted by Gasteiger charge is 2.22. The molecule has 0 radical (unpaired) electrons. The Kier molecular flexibility index (Phi) is 5.82. The molecule has 6 nitrogen and oxygen atoms in total. The van der Waals surface area contributed by atoms with Crippen LogP contribution in [0.5, 0.6) is 0 Å². The maximum atomic E-state index is 12.7. The van der Waals surface area contributed by atoms with Crippen molar-refractivity contribution in [2.45, 2.75) is 53.0 Å². The molecule has 146 valence electrons. The summed E-state index contributed by atoms with van der Waals surface area (Å²) >= 11 is 0. The van der Waals surface area contributed by atoms with Crippen LogP contribution < -0.4 is 5.32 Å². The Hall–Kier alpha value is -2.37. The Labute approximate surface area is 160 Å². The number of rotatable bonds is 6. The summed E-state index contributed by atoms with van der Waals surface area (Å²) in [4.78, 5) is 31.3. The minimum atomic E-state index is -0.380. The fraction of sp³-hybridized carbons (Fsp3) is 0.571. The highest BCUT2D eigenvalue weighted by atomic mass is 16.2. The van der Waals surface area contributed by atoms with Crippen LogP contribution in [0, 0.1) is 5.41 Å². The Bertz CT molecular complexity index is 813. The van der Waals surface area contributed by atoms with Crippen LogP contribution >= 0.6 is 0 Å². The number of fused-ring (bicyclic) bond motifs is 1. The number of carbonyl (C=O) groups excluding carboxylic acids is 2. The molecule has 0 aliphatic carbocycles. The largest absolute Gasteiger partial charge is 0.356 e. The van der Waals surface area contributed by atoms with E-state index in [-0.39, 0.29) is 17.2 Å². The van der Waals surface area contributed by atoms with Crippen molar-refractivity contribution in [3.8, 4) is 0 Å². The molecule has 1 aliphatic heterocycles. The third kappa shape index (κ3) is 4.67. The number of aryl methyl sites for hydroxylation is 1. The topological polar surface area (TPSA) is 67.2 Å². The van der Waals surface area contributed by atoms with E-state index in [9.17, 15) is 9.59 Å². The van der Waals surface area contributed by atoms with Crippen molar-refractivity contribution in [3.05, 3.63) is 30.1 Å². The molecular formula is C21H30N4O2. The first-order chi connectivity index (χ1) is 12.9. The molecule has 3 rings (SSSR count). The highest BCUT2D eigenvalue weighted by molar-refractivity contribution is 5.82. The van der Waals surface area contributed by atoms with Gasteiger partial charge in [0.15, 0.2) is 0 Å². The van der Waals surface area contributed by atoms with E-state index in [1.165, 1.54) is 0 Å². The lowest BCUT2D eigenvalue weighted by Gasteiger charge is -2.18. The predicted octanol–water partition coefficient (Wildman–Crippen LogP) is 2.75. The van der Waals surface area contributed by atoms with Gasteiger partial charge in [-0.1, -0.05) is 32.9 Å². The van der Waals surface area contributed by atoms with Crippen molar-refractivity contribution < 1.29 is 9.59 Å². The lowest BCUT2D eigenvalue weighted by molar-refractivity contribution is -0.130. The van der Waals surface area contributed by atoms with Gasteiger partial charge in [0, 0.05) is 31.5 Å². The van der Waals surface area contributed by atoms with Crippen LogP contribution in [0.4, 0.5) is 0 Å². The summed E-state index contributed by atoms with van der Waals surface area (Å²) in [5.74, 6) is 1.13. The Morgan fingerprint density at radius 2 is 1.85 bits per heavy atom. The molecule has 0 bridgehead atoms. The van der Waals surface area contributed by atoms with Crippen LogP contribution in [0.15, 0.2) is 24.3 Å². The summed E-state index contributed by atoms with van der Waals surface area (Å²) in [6.07, 6.45) is 3.71. The van der Waals surface area contributed by atoms with E-state index >= 15 is 0 Å². The molecule has 1 N–H and O–H groups in total. The molecule has 2 amide bonds. The van der Waals surface area contributed by atoms with E-state index in [2.05, 4.69) is 5.32 Å². The summed E-state index contributed by atoms with van der Waals surface area (Å²) in [6, 6.07) is 7.95. The van der Waals surface area contributed by atoms with Gasteiger partial charge in [0.1, 0.15) is 12.4 Å². The van der Waals surface area contributed by atoms with E-state index in [0.29, 0.717) is 13.1 Å². The van der Waals surface area contributed by atoms with Crippen LogP contribution in [0.25, 0.3) is 11.0 Å². The summed E-state index contributed by atoms with van der Waals surface area (Å²) in [7, 11) is 0. The standard InChI is InChI=1S/C21H30N4O2/c1-21(2,3)20(27)22-12-8-11-18-23-16-9-4-5-10-17(16)25(18)15-19(26)24-13-6-7-14-24/h4-5,9-10H,6-8,11-15H2,1-3H3,(H,22,27). The van der Waals surface area contributed by atoms with E-state index in [1.807, 2.05) is 54.5 Å². The Morgan fingerprint density at radius 3 is 2.56 bits per heavy atom. The first-order valence-corrected chi connectivity index (χ1v) is 9.86. The molecular weight excluding hydrogens is 340 g/mol. The second-order valence-electron chi connectivity index (χ2n) is 8.30. The van der Waals surface area contributed by atoms with Gasteiger partial charge in [-0.2, -0.15) is 0 Å². The minimum absolute atomic E-state index is 0.0558. The minimum Gasteiger partial charge on any atom is -0.356 e. The Morgan fingerprint density at radius 1 is 1.15 bits per heavy atom. The molecule has 0 spiro atoms. The lowest BCUT2D eigenvalue weighted by atomic mass is 9.96. The molecule has 1 aliphatic rings. The summed E-state index contributed by atoms with van der Waals surface area (Å²) in [6.45, 7) is 8.39. The normalized spacial score (nSPS) is 14.7. The fourth-order valence-electron chi connectivity index (χ4n) is 3.41. The molecule has 0 saturated carbocycles. The maximum Gasteiger partial charge on any atom is 0.242 e. The molecule has 0 unspecified atom stereocenters. The van der Waals surface area contributed by atoms with Crippen LogP contribution in [0.1, 0.15) is 45.9 Å². The second-order valence-corrected chi connectivity index (χ2v) is 8.30. The van der Waals surface area contributed by atoms with Crippen molar-refractivity contribution >= 4 is 22.8 Å². The van der Waals surface area contributed by atoms with Gasteiger partial charge in [-0.15, -0.1) is 0 Å². The Balaban J connectivity index is 1.68. The number of carbonyl (C=O) groups is 2. The molecule has 27 heavy (non-hydrogen) atoms. The first-order valence-electron chi connectivity index (χ1n) is 9.86. The van der Waals surface area contributed by atoms with Crippen molar-refractivity contribution in [1.29, 1.82) is 0 Å². The number of nitrogens with zero attached hydrogens (tertiary/aromatic N) is 3. The number of imidazole rings is 1. The zero-order chi connectivity index (χ0) is 19.4. The molecule has 0 atom stereocenters. The molecule has 2 aromatic rings. The van der Waals surface area contributed by atoms with Crippen LogP contribution in [0.2, 0.25) is 0 Å². The van der Waals surface area contributed by atoms with Crippen molar-refractivity contribution in [2.24, 2.45) is 5.41 Å². The van der Waals surface area contributed by atoms with Gasteiger partial charge in [0.25, 0.3) is 0 Å². The number of amides is 2. The average Bonchev–Trinajstić information content (AvgIpc) is 3.26. The van der Waals surface area contributed by atoms with E-state index in [4.69, 9.17) is 4.98 Å². The lowest BCUT2D eigenvalue weighted by Crippen LogP contribution is -2.35. The van der Waals surface area contributed by atoms with E-state index < -0.39 is 0 Å². The number of benzene rings is 1. The first kappa shape index (κ1) is 19.4. The van der Waals surface area contributed by atoms with Gasteiger partial charge in [0.05, 0.1) is 11.0 Å². The number of nitrogens with one attached hydrogen (secondary N) is 1. The summed E-state index contributed by atoms with van der Waals surface area (Å²) in [5, 5.41) is 2.98. The molecule has 1 aromatic carbocycles. The van der Waals surface area contributed by atoms with Gasteiger partial charge in [-0.3, -0.25) is 9.59 Å². The van der Waals surface area contributed by atoms with Crippen molar-refractivity contribution in [2.75, 3.05) is 19.6 Å². The van der Waals surface area contributed by atoms with Crippen LogP contribution in [-0.2, 0) is 22.6 Å². The zero-order valence-corrected chi connectivity index (χ0v) is 16.6. The van der Waals surface area contributed by atoms with E-state index in [0.717, 1.165) is 55.6 Å². The third-order valence-electron chi connectivity index (χ3n) is 5.03. The van der Waals surface area contributed by atoms with Gasteiger partial charge in [-0.25, -0.2) is 4.98 Å². The highest BCUT2D eigenvalue weighted by Crippen LogP contribution is 2.19. The number of hydrogen-bond donors (Lipinski definition) is 1. The predicted molar refractivity (Wildman–Crippen MR) is 106 cm³/mol. The fourth-order valence-corrected chi connectivity index (χ4v) is 3.41. The average molecular weight is 370 g/mol. The van der Waals surface area contributed by atoms with Crippen LogP contribution in [0.3, 0.4) is 0 Å². The summed E-state index contributed by atoms with van der Waals surface area (Å²) < 4.78 is 2.04. The van der Waals surface area contributed by atoms with Crippen molar-refractivity contribution in [1.82, 2.24) is 19.8 Å². The number of aromatic nitrogens is 2. The van der Waals surface area contributed by atoms with E-state index in [1.54, 1.807) is 0 Å². The second kappa shape index (κ2) is 8.11. The summed E-state index contributed by atoms with van der Waals surface area (Å²) in [5.41, 5.74) is 1.54. The SMILES string of the molecule is CC(C)(C)C(=O)NCCCc1nc2ccccc2n1CC(=O)N1CCCC1. The molecule has 2 heterocycles. The molecule has 1 aromatic heterocycles.